The van der Waals surface area contributed by atoms with Gasteiger partial charge in [0.05, 0.1) is 10.5 Å². The Morgan fingerprint density at radius 1 is 1.17 bits per heavy atom. The number of hydrogen-bond acceptors (Lipinski definition) is 1. The van der Waals surface area contributed by atoms with Crippen LogP contribution in [0.25, 0.3) is 0 Å². The van der Waals surface area contributed by atoms with Crippen LogP contribution in [-0.2, 0) is 0 Å². The number of halogens is 3. The third kappa shape index (κ3) is 2.74. The fourth-order valence-electron chi connectivity index (χ4n) is 1.70. The zero-order valence-electron chi connectivity index (χ0n) is 9.75. The molecule has 0 fully saturated rings. The maximum Gasteiger partial charge on any atom is 0.137 e. The topological polar surface area (TPSA) is 26.0 Å². The number of aryl methyl sites for hydroxylation is 1. The van der Waals surface area contributed by atoms with E-state index in [0.717, 1.165) is 16.7 Å². The van der Waals surface area contributed by atoms with Crippen LogP contribution < -0.4 is 5.73 Å². The Bertz CT molecular complexity index is 535. The second-order valence-electron chi connectivity index (χ2n) is 4.16. The Morgan fingerprint density at radius 3 is 2.39 bits per heavy atom. The fraction of sp³-hybridized carbons (Fsp3) is 0.143. The SMILES string of the molecule is Cc1ccc(C(N)c2ccc(F)c(Br)c2)cc1Cl. The van der Waals surface area contributed by atoms with Gasteiger partial charge in [0.2, 0.25) is 0 Å². The first-order chi connectivity index (χ1) is 8.49. The highest BCUT2D eigenvalue weighted by molar-refractivity contribution is 9.10. The number of benzene rings is 2. The number of rotatable bonds is 2. The molecular formula is C14H12BrClFN. The van der Waals surface area contributed by atoms with Crippen molar-refractivity contribution in [3.63, 3.8) is 0 Å². The molecule has 2 aromatic carbocycles. The van der Waals surface area contributed by atoms with Crippen molar-refractivity contribution >= 4 is 27.5 Å². The smallest absolute Gasteiger partial charge is 0.137 e. The summed E-state index contributed by atoms with van der Waals surface area (Å²) < 4.78 is 13.6. The molecule has 0 aliphatic heterocycles. The Morgan fingerprint density at radius 2 is 1.78 bits per heavy atom. The summed E-state index contributed by atoms with van der Waals surface area (Å²) in [5.41, 5.74) is 8.90. The van der Waals surface area contributed by atoms with Gasteiger partial charge in [-0.2, -0.15) is 0 Å². The zero-order chi connectivity index (χ0) is 13.3. The third-order valence-corrected chi connectivity index (χ3v) is 3.87. The highest BCUT2D eigenvalue weighted by Gasteiger charge is 2.11. The molecule has 0 saturated heterocycles. The molecule has 0 amide bonds. The summed E-state index contributed by atoms with van der Waals surface area (Å²) >= 11 is 9.23. The van der Waals surface area contributed by atoms with Gasteiger partial charge in [-0.15, -0.1) is 0 Å². The van der Waals surface area contributed by atoms with E-state index < -0.39 is 0 Å². The first-order valence-electron chi connectivity index (χ1n) is 5.45. The minimum atomic E-state index is -0.319. The van der Waals surface area contributed by atoms with E-state index in [9.17, 15) is 4.39 Å². The maximum absolute atomic E-state index is 13.2. The van der Waals surface area contributed by atoms with Gasteiger partial charge < -0.3 is 5.73 Å². The van der Waals surface area contributed by atoms with Gasteiger partial charge >= 0.3 is 0 Å². The Balaban J connectivity index is 2.37. The third-order valence-electron chi connectivity index (χ3n) is 2.86. The molecule has 0 bridgehead atoms. The highest BCUT2D eigenvalue weighted by atomic mass is 79.9. The van der Waals surface area contributed by atoms with Crippen molar-refractivity contribution in [1.29, 1.82) is 0 Å². The van der Waals surface area contributed by atoms with Gasteiger partial charge in [-0.3, -0.25) is 0 Å². The molecule has 1 unspecified atom stereocenters. The molecule has 1 atom stereocenters. The molecule has 0 radical (unpaired) electrons. The van der Waals surface area contributed by atoms with Crippen LogP contribution in [0.3, 0.4) is 0 Å². The highest BCUT2D eigenvalue weighted by Crippen LogP contribution is 2.27. The van der Waals surface area contributed by atoms with Crippen molar-refractivity contribution in [2.24, 2.45) is 5.73 Å². The second kappa shape index (κ2) is 5.39. The molecule has 4 heteroatoms. The monoisotopic (exact) mass is 327 g/mol. The average molecular weight is 329 g/mol. The lowest BCUT2D eigenvalue weighted by atomic mass is 9.99. The molecule has 0 spiro atoms. The lowest BCUT2D eigenvalue weighted by Crippen LogP contribution is -2.12. The van der Waals surface area contributed by atoms with E-state index in [1.54, 1.807) is 12.1 Å². The van der Waals surface area contributed by atoms with Crippen LogP contribution in [0.15, 0.2) is 40.9 Å². The van der Waals surface area contributed by atoms with E-state index >= 15 is 0 Å². The molecule has 1 nitrogen and oxygen atoms in total. The van der Waals surface area contributed by atoms with Crippen LogP contribution >= 0.6 is 27.5 Å². The predicted molar refractivity (Wildman–Crippen MR) is 76.3 cm³/mol. The number of nitrogens with two attached hydrogens (primary N) is 1. The van der Waals surface area contributed by atoms with E-state index in [-0.39, 0.29) is 11.9 Å². The molecule has 0 saturated carbocycles. The van der Waals surface area contributed by atoms with Crippen LogP contribution in [0, 0.1) is 12.7 Å². The summed E-state index contributed by atoms with van der Waals surface area (Å²) in [6.45, 7) is 1.94. The summed E-state index contributed by atoms with van der Waals surface area (Å²) in [5.74, 6) is -0.298. The molecule has 18 heavy (non-hydrogen) atoms. The van der Waals surface area contributed by atoms with Gasteiger partial charge in [0.25, 0.3) is 0 Å². The van der Waals surface area contributed by atoms with Crippen molar-refractivity contribution in [3.05, 3.63) is 68.4 Å². The molecule has 0 aliphatic rings. The molecule has 0 aromatic heterocycles. The van der Waals surface area contributed by atoms with E-state index in [4.69, 9.17) is 17.3 Å². The van der Waals surface area contributed by atoms with E-state index in [1.807, 2.05) is 25.1 Å². The maximum atomic E-state index is 13.2. The Hall–Kier alpha value is -0.900. The van der Waals surface area contributed by atoms with Crippen molar-refractivity contribution in [2.75, 3.05) is 0 Å². The molecular weight excluding hydrogens is 317 g/mol. The standard InChI is InChI=1S/C14H12BrClFN/c1-8-2-3-10(7-12(8)16)14(18)9-4-5-13(17)11(15)6-9/h2-7,14H,18H2,1H3. The molecule has 2 N–H and O–H groups in total. The van der Waals surface area contributed by atoms with Gasteiger partial charge in [0.1, 0.15) is 5.82 Å². The lowest BCUT2D eigenvalue weighted by Gasteiger charge is -2.14. The van der Waals surface area contributed by atoms with Crippen LogP contribution in [0.4, 0.5) is 4.39 Å². The van der Waals surface area contributed by atoms with E-state index in [0.29, 0.717) is 9.50 Å². The van der Waals surface area contributed by atoms with Gasteiger partial charge in [-0.1, -0.05) is 29.8 Å². The van der Waals surface area contributed by atoms with Crippen molar-refractivity contribution in [1.82, 2.24) is 0 Å². The van der Waals surface area contributed by atoms with Crippen LogP contribution in [0.2, 0.25) is 5.02 Å². The molecule has 0 aliphatic carbocycles. The average Bonchev–Trinajstić information content (AvgIpc) is 2.35. The van der Waals surface area contributed by atoms with Gasteiger partial charge in [0.15, 0.2) is 0 Å². The fourth-order valence-corrected chi connectivity index (χ4v) is 2.29. The molecule has 2 rings (SSSR count). The minimum absolute atomic E-state index is 0.298. The van der Waals surface area contributed by atoms with Crippen molar-refractivity contribution in [2.45, 2.75) is 13.0 Å². The Kier molecular flexibility index (Phi) is 4.05. The van der Waals surface area contributed by atoms with Crippen LogP contribution in [0.1, 0.15) is 22.7 Å². The van der Waals surface area contributed by atoms with Crippen molar-refractivity contribution in [3.8, 4) is 0 Å². The van der Waals surface area contributed by atoms with Gasteiger partial charge in [0, 0.05) is 5.02 Å². The molecule has 2 aromatic rings. The Labute approximate surface area is 119 Å². The first kappa shape index (κ1) is 13.5. The van der Waals surface area contributed by atoms with Crippen LogP contribution in [0.5, 0.6) is 0 Å². The number of hydrogen-bond donors (Lipinski definition) is 1. The predicted octanol–water partition coefficient (Wildman–Crippen LogP) is 4.60. The summed E-state index contributed by atoms with van der Waals surface area (Å²) in [6.07, 6.45) is 0. The molecule has 94 valence electrons. The van der Waals surface area contributed by atoms with Crippen molar-refractivity contribution < 1.29 is 4.39 Å². The second-order valence-corrected chi connectivity index (χ2v) is 5.42. The summed E-state index contributed by atoms with van der Waals surface area (Å²) in [6, 6.07) is 10.2. The zero-order valence-corrected chi connectivity index (χ0v) is 12.1. The quantitative estimate of drug-likeness (QED) is 0.856. The van der Waals surface area contributed by atoms with Gasteiger partial charge in [-0.25, -0.2) is 4.39 Å². The largest absolute Gasteiger partial charge is 0.320 e. The van der Waals surface area contributed by atoms with Crippen LogP contribution in [-0.4, -0.2) is 0 Å². The van der Waals surface area contributed by atoms with E-state index in [2.05, 4.69) is 15.9 Å². The normalized spacial score (nSPS) is 12.5. The summed E-state index contributed by atoms with van der Waals surface area (Å²) in [5, 5.41) is 0.684. The summed E-state index contributed by atoms with van der Waals surface area (Å²) in [4.78, 5) is 0. The van der Waals surface area contributed by atoms with E-state index in [1.165, 1.54) is 6.07 Å². The lowest BCUT2D eigenvalue weighted by molar-refractivity contribution is 0.619. The first-order valence-corrected chi connectivity index (χ1v) is 6.62. The minimum Gasteiger partial charge on any atom is -0.320 e. The van der Waals surface area contributed by atoms with Gasteiger partial charge in [-0.05, 0) is 57.7 Å². The molecule has 0 heterocycles. The summed E-state index contributed by atoms with van der Waals surface area (Å²) in [7, 11) is 0.